The number of allylic oxidation sites excluding steroid dienone is 1. The number of rotatable bonds is 6. The predicted molar refractivity (Wildman–Crippen MR) is 117 cm³/mol. The molecule has 156 valence electrons. The highest BCUT2D eigenvalue weighted by molar-refractivity contribution is 6.01. The van der Waals surface area contributed by atoms with Crippen molar-refractivity contribution in [1.29, 1.82) is 0 Å². The van der Waals surface area contributed by atoms with E-state index in [9.17, 15) is 9.59 Å². The summed E-state index contributed by atoms with van der Waals surface area (Å²) in [5, 5.41) is 1.33. The molecule has 1 aliphatic rings. The molecule has 3 rings (SSSR count). The van der Waals surface area contributed by atoms with Crippen molar-refractivity contribution in [3.63, 3.8) is 0 Å². The van der Waals surface area contributed by atoms with E-state index in [0.717, 1.165) is 5.56 Å². The summed E-state index contributed by atoms with van der Waals surface area (Å²) in [7, 11) is 0. The summed E-state index contributed by atoms with van der Waals surface area (Å²) in [4.78, 5) is 24.8. The Morgan fingerprint density at radius 3 is 2.03 bits per heavy atom. The average Bonchev–Trinajstić information content (AvgIpc) is 2.69. The largest absolute Gasteiger partial charge is 0.422 e. The van der Waals surface area contributed by atoms with Crippen molar-refractivity contribution in [2.45, 2.75) is 46.3 Å². The Morgan fingerprint density at radius 1 is 0.967 bits per heavy atom. The number of ether oxygens (including phenoxy) is 3. The van der Waals surface area contributed by atoms with Gasteiger partial charge in [0.05, 0.1) is 6.10 Å². The molecule has 1 atom stereocenters. The molecule has 0 bridgehead atoms. The van der Waals surface area contributed by atoms with Crippen LogP contribution in [0.2, 0.25) is 0 Å². The molecule has 0 aromatic heterocycles. The van der Waals surface area contributed by atoms with Crippen LogP contribution in [0, 0.1) is 0 Å². The van der Waals surface area contributed by atoms with Crippen LogP contribution in [0.15, 0.2) is 60.7 Å². The van der Waals surface area contributed by atoms with Gasteiger partial charge in [-0.25, -0.2) is 9.59 Å². The van der Waals surface area contributed by atoms with Gasteiger partial charge in [-0.15, -0.1) is 0 Å². The van der Waals surface area contributed by atoms with Crippen molar-refractivity contribution in [2.24, 2.45) is 0 Å². The Hall–Kier alpha value is -3.18. The fourth-order valence-corrected chi connectivity index (χ4v) is 3.35. The van der Waals surface area contributed by atoms with Crippen LogP contribution in [0.3, 0.4) is 0 Å². The van der Waals surface area contributed by atoms with E-state index in [-0.39, 0.29) is 6.10 Å². The van der Waals surface area contributed by atoms with Gasteiger partial charge in [-0.05, 0) is 34.1 Å². The molecular weight excluding hydrogens is 380 g/mol. The summed E-state index contributed by atoms with van der Waals surface area (Å²) in [5.74, 6) is -0.194. The molecule has 0 aliphatic heterocycles. The first-order valence-corrected chi connectivity index (χ1v) is 9.85. The molecule has 0 saturated carbocycles. The summed E-state index contributed by atoms with van der Waals surface area (Å²) in [6.07, 6.45) is 3.89. The molecule has 1 aliphatic carbocycles. The molecule has 0 saturated heterocycles. The van der Waals surface area contributed by atoms with Crippen LogP contribution in [0.1, 0.15) is 44.9 Å². The predicted octanol–water partition coefficient (Wildman–Crippen LogP) is 5.38. The van der Waals surface area contributed by atoms with E-state index in [4.69, 9.17) is 14.2 Å². The minimum Gasteiger partial charge on any atom is -0.422 e. The maximum Gasteiger partial charge on any atom is 0.338 e. The van der Waals surface area contributed by atoms with Crippen LogP contribution < -0.4 is 9.47 Å². The van der Waals surface area contributed by atoms with Gasteiger partial charge in [0, 0.05) is 33.0 Å². The van der Waals surface area contributed by atoms with E-state index >= 15 is 0 Å². The van der Waals surface area contributed by atoms with E-state index in [1.807, 2.05) is 50.3 Å². The summed E-state index contributed by atoms with van der Waals surface area (Å²) >= 11 is 0. The first-order valence-electron chi connectivity index (χ1n) is 9.85. The Labute approximate surface area is 176 Å². The van der Waals surface area contributed by atoms with Crippen molar-refractivity contribution in [1.82, 2.24) is 0 Å². The van der Waals surface area contributed by atoms with Gasteiger partial charge >= 0.3 is 11.9 Å². The molecule has 2 aromatic rings. The third-order valence-corrected chi connectivity index (χ3v) is 4.68. The van der Waals surface area contributed by atoms with Crippen molar-refractivity contribution in [3.05, 3.63) is 71.8 Å². The van der Waals surface area contributed by atoms with Gasteiger partial charge in [-0.3, -0.25) is 0 Å². The fraction of sp³-hybridized carbons (Fsp3) is 0.280. The molecule has 5 nitrogen and oxygen atoms in total. The van der Waals surface area contributed by atoms with Gasteiger partial charge in [-0.1, -0.05) is 49.6 Å². The summed E-state index contributed by atoms with van der Waals surface area (Å²) in [5.41, 5.74) is 2.02. The lowest BCUT2D eigenvalue weighted by atomic mass is 9.88. The van der Waals surface area contributed by atoms with Crippen LogP contribution in [-0.2, 0) is 20.7 Å². The van der Waals surface area contributed by atoms with Crippen LogP contribution >= 0.6 is 0 Å². The Morgan fingerprint density at radius 2 is 1.50 bits per heavy atom. The van der Waals surface area contributed by atoms with Crippen molar-refractivity contribution < 1.29 is 23.8 Å². The highest BCUT2D eigenvalue weighted by Crippen LogP contribution is 2.47. The second-order valence-corrected chi connectivity index (χ2v) is 7.67. The molecule has 0 fully saturated rings. The molecular formula is C25H26O5. The monoisotopic (exact) mass is 406 g/mol. The molecule has 5 heteroatoms. The summed E-state index contributed by atoms with van der Waals surface area (Å²) in [6, 6.07) is 7.36. The second-order valence-electron chi connectivity index (χ2n) is 7.67. The number of fused-ring (bicyclic) bond motifs is 2. The molecule has 0 radical (unpaired) electrons. The highest BCUT2D eigenvalue weighted by atomic mass is 16.5. The first-order chi connectivity index (χ1) is 14.2. The Kier molecular flexibility index (Phi) is 6.22. The minimum atomic E-state index is -0.521. The van der Waals surface area contributed by atoms with E-state index < -0.39 is 18.0 Å². The second kappa shape index (κ2) is 8.67. The van der Waals surface area contributed by atoms with Gasteiger partial charge in [0.2, 0.25) is 0 Å². The van der Waals surface area contributed by atoms with Crippen molar-refractivity contribution >= 4 is 22.7 Å². The van der Waals surface area contributed by atoms with Gasteiger partial charge < -0.3 is 14.2 Å². The molecule has 0 amide bonds. The van der Waals surface area contributed by atoms with Crippen molar-refractivity contribution in [2.75, 3.05) is 0 Å². The minimum absolute atomic E-state index is 0.0665. The number of hydrogen-bond acceptors (Lipinski definition) is 5. The van der Waals surface area contributed by atoms with Crippen LogP contribution in [0.25, 0.3) is 10.8 Å². The molecule has 30 heavy (non-hydrogen) atoms. The summed E-state index contributed by atoms with van der Waals surface area (Å²) < 4.78 is 17.7. The maximum atomic E-state index is 12.4. The Balaban J connectivity index is 2.33. The third kappa shape index (κ3) is 4.21. The van der Waals surface area contributed by atoms with Crippen LogP contribution in [-0.4, -0.2) is 18.0 Å². The van der Waals surface area contributed by atoms with Gasteiger partial charge in [0.1, 0.15) is 17.6 Å². The van der Waals surface area contributed by atoms with Crippen LogP contribution in [0.4, 0.5) is 0 Å². The van der Waals surface area contributed by atoms with Gasteiger partial charge in [-0.2, -0.15) is 0 Å². The van der Waals surface area contributed by atoms with E-state index in [1.165, 1.54) is 0 Å². The molecule has 2 aromatic carbocycles. The molecule has 1 unspecified atom stereocenters. The zero-order chi connectivity index (χ0) is 22.0. The lowest BCUT2D eigenvalue weighted by molar-refractivity contribution is -0.131. The molecule has 0 heterocycles. The topological polar surface area (TPSA) is 61.8 Å². The quantitative estimate of drug-likeness (QED) is 0.279. The average molecular weight is 406 g/mol. The van der Waals surface area contributed by atoms with Gasteiger partial charge in [0.15, 0.2) is 0 Å². The Bertz CT molecular complexity index is 1070. The zero-order valence-electron chi connectivity index (χ0n) is 17.8. The number of hydrogen-bond donors (Lipinski definition) is 0. The van der Waals surface area contributed by atoms with Crippen molar-refractivity contribution in [3.8, 4) is 11.5 Å². The zero-order valence-corrected chi connectivity index (χ0v) is 17.8. The molecule has 0 N–H and O–H groups in total. The maximum absolute atomic E-state index is 12.4. The van der Waals surface area contributed by atoms with E-state index in [2.05, 4.69) is 13.2 Å². The first kappa shape index (κ1) is 21.5. The van der Waals surface area contributed by atoms with E-state index in [0.29, 0.717) is 45.4 Å². The fourth-order valence-electron chi connectivity index (χ4n) is 3.35. The lowest BCUT2D eigenvalue weighted by Crippen LogP contribution is -2.19. The number of benzene rings is 2. The highest BCUT2D eigenvalue weighted by Gasteiger charge is 2.31. The molecule has 0 spiro atoms. The SMILES string of the molecule is C=C(C)C(=O)Oc1c2c(c(OC(=O)C(=C)C)c3ccccc13)C(OC(C)C)C=CC2. The van der Waals surface area contributed by atoms with E-state index in [1.54, 1.807) is 13.8 Å². The normalized spacial score (nSPS) is 15.0. The van der Waals surface area contributed by atoms with Gasteiger partial charge in [0.25, 0.3) is 0 Å². The smallest absolute Gasteiger partial charge is 0.338 e. The van der Waals surface area contributed by atoms with Crippen LogP contribution in [0.5, 0.6) is 11.5 Å². The number of esters is 2. The standard InChI is InChI=1S/C25H26O5/c1-14(2)24(26)29-22-17-10-7-8-11-18(17)23(30-25(27)15(3)4)21-19(22)12-9-13-20(21)28-16(5)6/h7-11,13,16,20H,1,3,12H2,2,4-6H3. The third-order valence-electron chi connectivity index (χ3n) is 4.68. The summed E-state index contributed by atoms with van der Waals surface area (Å²) in [6.45, 7) is 14.4. The number of carbonyl (C=O) groups is 2. The lowest BCUT2D eigenvalue weighted by Gasteiger charge is -2.28. The number of carbonyl (C=O) groups excluding carboxylic acids is 2.